The number of nitrogens with one attached hydrogen (secondary N) is 3. The first-order valence-corrected chi connectivity index (χ1v) is 9.04. The van der Waals surface area contributed by atoms with E-state index in [4.69, 9.17) is 0 Å². The molecule has 1 unspecified atom stereocenters. The average molecular weight is 349 g/mol. The smallest absolute Gasteiger partial charge is 0.251 e. The van der Waals surface area contributed by atoms with Crippen LogP contribution in [0, 0.1) is 17.7 Å². The highest BCUT2D eigenvalue weighted by molar-refractivity contribution is 5.96. The zero-order chi connectivity index (χ0) is 18.2. The number of hydrogen-bond acceptors (Lipinski definition) is 3. The second-order valence-corrected chi connectivity index (χ2v) is 7.10. The largest absolute Gasteiger partial charge is 0.352 e. The number of amides is 2. The van der Waals surface area contributed by atoms with Crippen LogP contribution in [0.2, 0.25) is 0 Å². The summed E-state index contributed by atoms with van der Waals surface area (Å²) in [5.41, 5.74) is 0.372. The molecule has 0 bridgehead atoms. The number of piperidine rings is 1. The Hall–Kier alpha value is -1.95. The quantitative estimate of drug-likeness (QED) is 0.709. The molecule has 2 amide bonds. The molecule has 0 aliphatic carbocycles. The van der Waals surface area contributed by atoms with E-state index in [-0.39, 0.29) is 29.0 Å². The zero-order valence-corrected chi connectivity index (χ0v) is 15.0. The maximum Gasteiger partial charge on any atom is 0.251 e. The highest BCUT2D eigenvalue weighted by atomic mass is 19.1. The molecular weight excluding hydrogens is 321 g/mol. The van der Waals surface area contributed by atoms with Crippen LogP contribution in [0.15, 0.2) is 18.2 Å². The summed E-state index contributed by atoms with van der Waals surface area (Å²) < 4.78 is 14.1. The fourth-order valence-corrected chi connectivity index (χ4v) is 2.99. The highest BCUT2D eigenvalue weighted by Gasteiger charge is 2.15. The lowest BCUT2D eigenvalue weighted by Gasteiger charge is -2.22. The van der Waals surface area contributed by atoms with Gasteiger partial charge >= 0.3 is 0 Å². The van der Waals surface area contributed by atoms with Crippen LogP contribution in [0.4, 0.5) is 10.1 Å². The summed E-state index contributed by atoms with van der Waals surface area (Å²) in [6.07, 6.45) is 3.61. The van der Waals surface area contributed by atoms with Gasteiger partial charge in [-0.05, 0) is 62.4 Å². The lowest BCUT2D eigenvalue weighted by Crippen LogP contribution is -2.33. The van der Waals surface area contributed by atoms with Gasteiger partial charge in [0.2, 0.25) is 5.91 Å². The third-order valence-corrected chi connectivity index (χ3v) is 4.34. The van der Waals surface area contributed by atoms with Gasteiger partial charge in [-0.25, -0.2) is 4.39 Å². The number of anilines is 1. The Morgan fingerprint density at radius 2 is 2.16 bits per heavy atom. The molecule has 1 heterocycles. The average Bonchev–Trinajstić information content (AvgIpc) is 2.57. The van der Waals surface area contributed by atoms with Crippen LogP contribution in [-0.2, 0) is 4.79 Å². The van der Waals surface area contributed by atoms with Gasteiger partial charge in [-0.3, -0.25) is 9.59 Å². The van der Waals surface area contributed by atoms with E-state index in [2.05, 4.69) is 16.0 Å². The van der Waals surface area contributed by atoms with Gasteiger partial charge in [0.1, 0.15) is 5.82 Å². The van der Waals surface area contributed by atoms with Gasteiger partial charge in [-0.15, -0.1) is 0 Å². The summed E-state index contributed by atoms with van der Waals surface area (Å²) in [4.78, 5) is 23.9. The third-order valence-electron chi connectivity index (χ3n) is 4.34. The molecule has 0 spiro atoms. The number of hydrogen-bond donors (Lipinski definition) is 3. The summed E-state index contributed by atoms with van der Waals surface area (Å²) >= 11 is 0. The minimum absolute atomic E-state index is 0.107. The molecule has 138 valence electrons. The van der Waals surface area contributed by atoms with Crippen molar-refractivity contribution in [2.75, 3.05) is 25.0 Å². The number of halogens is 1. The van der Waals surface area contributed by atoms with Crippen LogP contribution in [0.1, 0.15) is 49.9 Å². The van der Waals surface area contributed by atoms with Gasteiger partial charge < -0.3 is 16.0 Å². The van der Waals surface area contributed by atoms with Crippen molar-refractivity contribution in [3.63, 3.8) is 0 Å². The molecule has 5 nitrogen and oxygen atoms in total. The molecule has 1 aliphatic rings. The number of carbonyl (C=O) groups excluding carboxylic acids is 2. The van der Waals surface area contributed by atoms with Crippen LogP contribution in [0.25, 0.3) is 0 Å². The summed E-state index contributed by atoms with van der Waals surface area (Å²) in [7, 11) is 0. The minimum Gasteiger partial charge on any atom is -0.352 e. The predicted octanol–water partition coefficient (Wildman–Crippen LogP) is 2.93. The molecule has 0 saturated carbocycles. The first-order valence-electron chi connectivity index (χ1n) is 9.04. The van der Waals surface area contributed by atoms with Crippen molar-refractivity contribution in [3.05, 3.63) is 29.6 Å². The molecule has 0 radical (unpaired) electrons. The Morgan fingerprint density at radius 1 is 1.36 bits per heavy atom. The van der Waals surface area contributed by atoms with Crippen molar-refractivity contribution in [2.45, 2.75) is 39.5 Å². The molecule has 1 atom stereocenters. The first kappa shape index (κ1) is 19.4. The van der Waals surface area contributed by atoms with E-state index in [1.807, 2.05) is 13.8 Å². The van der Waals surface area contributed by atoms with Gasteiger partial charge in [-0.2, -0.15) is 0 Å². The number of rotatable bonds is 7. The molecule has 0 aromatic heterocycles. The van der Waals surface area contributed by atoms with Crippen molar-refractivity contribution in [1.29, 1.82) is 0 Å². The van der Waals surface area contributed by atoms with E-state index < -0.39 is 5.82 Å². The third kappa shape index (κ3) is 6.46. The Bertz CT molecular complexity index is 598. The topological polar surface area (TPSA) is 70.2 Å². The number of carbonyl (C=O) groups is 2. The van der Waals surface area contributed by atoms with Crippen molar-refractivity contribution in [2.24, 2.45) is 11.8 Å². The van der Waals surface area contributed by atoms with Gasteiger partial charge in [0.15, 0.2) is 0 Å². The number of benzene rings is 1. The summed E-state index contributed by atoms with van der Waals surface area (Å²) in [6, 6.07) is 4.14. The van der Waals surface area contributed by atoms with E-state index >= 15 is 0 Å². The predicted molar refractivity (Wildman–Crippen MR) is 97.0 cm³/mol. The Morgan fingerprint density at radius 3 is 2.80 bits per heavy atom. The zero-order valence-electron chi connectivity index (χ0n) is 15.0. The Labute approximate surface area is 148 Å². The Balaban J connectivity index is 1.83. The fourth-order valence-electron chi connectivity index (χ4n) is 2.99. The van der Waals surface area contributed by atoms with Crippen molar-refractivity contribution in [3.8, 4) is 0 Å². The van der Waals surface area contributed by atoms with Crippen LogP contribution >= 0.6 is 0 Å². The lowest BCUT2D eigenvalue weighted by atomic mass is 9.96. The van der Waals surface area contributed by atoms with Gasteiger partial charge in [-0.1, -0.05) is 13.8 Å². The molecule has 3 N–H and O–H groups in total. The second-order valence-electron chi connectivity index (χ2n) is 7.10. The van der Waals surface area contributed by atoms with Crippen LogP contribution in [0.5, 0.6) is 0 Å². The van der Waals surface area contributed by atoms with Gasteiger partial charge in [0, 0.05) is 18.5 Å². The maximum atomic E-state index is 14.1. The lowest BCUT2D eigenvalue weighted by molar-refractivity contribution is -0.116. The van der Waals surface area contributed by atoms with E-state index in [0.717, 1.165) is 19.5 Å². The molecule has 25 heavy (non-hydrogen) atoms. The minimum atomic E-state index is -0.596. The molecule has 1 saturated heterocycles. The molecule has 1 fully saturated rings. The molecule has 1 aliphatic heterocycles. The molecule has 1 aromatic rings. The Kier molecular flexibility index (Phi) is 7.37. The summed E-state index contributed by atoms with van der Waals surface area (Å²) in [5, 5.41) is 8.73. The maximum absolute atomic E-state index is 14.1. The van der Waals surface area contributed by atoms with E-state index in [1.54, 1.807) is 0 Å². The van der Waals surface area contributed by atoms with Crippen LogP contribution in [-0.4, -0.2) is 31.4 Å². The standard InChI is InChI=1S/C19H28FN3O2/c1-13(2)10-18(24)23-17-6-5-15(11-16(17)20)19(25)22-9-7-14-4-3-8-21-12-14/h5-6,11,13-14,21H,3-4,7-10,12H2,1-2H3,(H,22,25)(H,23,24). The van der Waals surface area contributed by atoms with Crippen molar-refractivity contribution in [1.82, 2.24) is 10.6 Å². The van der Waals surface area contributed by atoms with E-state index in [1.165, 1.54) is 31.0 Å². The molecule has 1 aromatic carbocycles. The van der Waals surface area contributed by atoms with Crippen molar-refractivity contribution >= 4 is 17.5 Å². The van der Waals surface area contributed by atoms with Crippen molar-refractivity contribution < 1.29 is 14.0 Å². The summed E-state index contributed by atoms with van der Waals surface area (Å²) in [5.74, 6) is -0.326. The second kappa shape index (κ2) is 9.51. The molecule has 6 heteroatoms. The van der Waals surface area contributed by atoms with Gasteiger partial charge in [0.25, 0.3) is 5.91 Å². The monoisotopic (exact) mass is 349 g/mol. The first-order chi connectivity index (χ1) is 12.0. The van der Waals surface area contributed by atoms with E-state index in [0.29, 0.717) is 18.9 Å². The fraction of sp³-hybridized carbons (Fsp3) is 0.579. The normalized spacial score (nSPS) is 17.4. The highest BCUT2D eigenvalue weighted by Crippen LogP contribution is 2.17. The molecule has 2 rings (SSSR count). The SMILES string of the molecule is CC(C)CC(=O)Nc1ccc(C(=O)NCCC2CCCNC2)cc1F. The molecular formula is C19H28FN3O2. The summed E-state index contributed by atoms with van der Waals surface area (Å²) in [6.45, 7) is 6.50. The van der Waals surface area contributed by atoms with E-state index in [9.17, 15) is 14.0 Å². The van der Waals surface area contributed by atoms with Gasteiger partial charge in [0.05, 0.1) is 5.69 Å². The van der Waals surface area contributed by atoms with Crippen LogP contribution < -0.4 is 16.0 Å². The van der Waals surface area contributed by atoms with Crippen LogP contribution in [0.3, 0.4) is 0 Å².